The van der Waals surface area contributed by atoms with Crippen molar-refractivity contribution >= 4 is 17.7 Å². The minimum atomic E-state index is -0.658. The van der Waals surface area contributed by atoms with Gasteiger partial charge in [-0.25, -0.2) is 0 Å². The van der Waals surface area contributed by atoms with Crippen molar-refractivity contribution in [1.29, 1.82) is 0 Å². The van der Waals surface area contributed by atoms with E-state index in [0.717, 1.165) is 32.1 Å². The van der Waals surface area contributed by atoms with Crippen LogP contribution in [-0.4, -0.2) is 15.8 Å². The van der Waals surface area contributed by atoms with Crippen LogP contribution in [0.5, 0.6) is 0 Å². The number of carboxylic acids is 1. The van der Waals surface area contributed by atoms with Crippen LogP contribution in [0.4, 0.5) is 0 Å². The molecule has 0 unspecified atom stereocenters. The summed E-state index contributed by atoms with van der Waals surface area (Å²) < 4.78 is -0.658. The summed E-state index contributed by atoms with van der Waals surface area (Å²) in [5.41, 5.74) is 2.35. The molecule has 2 aromatic carbocycles. The number of hydrogen-bond acceptors (Lipinski definition) is 2. The Kier molecular flexibility index (Phi) is 5.06. The topological polar surface area (TPSA) is 37.3 Å². The van der Waals surface area contributed by atoms with E-state index < -0.39 is 10.7 Å². The number of carboxylic acid groups (broad SMARTS) is 1. The quantitative estimate of drug-likeness (QED) is 0.810. The molecule has 3 rings (SSSR count). The third-order valence-corrected chi connectivity index (χ3v) is 6.41. The van der Waals surface area contributed by atoms with Gasteiger partial charge in [0.2, 0.25) is 0 Å². The monoisotopic (exact) mass is 326 g/mol. The van der Waals surface area contributed by atoms with Gasteiger partial charge < -0.3 is 5.11 Å². The first kappa shape index (κ1) is 16.1. The Morgan fingerprint density at radius 1 is 0.870 bits per heavy atom. The van der Waals surface area contributed by atoms with Crippen LogP contribution in [0.15, 0.2) is 60.7 Å². The van der Waals surface area contributed by atoms with Gasteiger partial charge in [0, 0.05) is 0 Å². The molecule has 3 heteroatoms. The highest BCUT2D eigenvalue weighted by Crippen LogP contribution is 2.49. The fourth-order valence-corrected chi connectivity index (χ4v) is 4.98. The van der Waals surface area contributed by atoms with Gasteiger partial charge in [0.25, 0.3) is 0 Å². The highest BCUT2D eigenvalue weighted by molar-refractivity contribution is 8.01. The molecule has 0 heterocycles. The number of aliphatic carboxylic acids is 1. The fourth-order valence-electron chi connectivity index (χ4n) is 3.31. The van der Waals surface area contributed by atoms with Crippen LogP contribution in [-0.2, 0) is 4.79 Å². The van der Waals surface area contributed by atoms with Crippen LogP contribution in [0.25, 0.3) is 0 Å². The fraction of sp³-hybridized carbons (Fsp3) is 0.350. The van der Waals surface area contributed by atoms with Crippen molar-refractivity contribution in [3.63, 3.8) is 0 Å². The molecule has 1 aliphatic rings. The van der Waals surface area contributed by atoms with E-state index in [1.165, 1.54) is 11.1 Å². The molecule has 1 saturated carbocycles. The highest BCUT2D eigenvalue weighted by Gasteiger charge is 2.42. The molecular weight excluding hydrogens is 304 g/mol. The van der Waals surface area contributed by atoms with Crippen LogP contribution < -0.4 is 0 Å². The molecule has 2 aromatic rings. The Labute approximate surface area is 141 Å². The summed E-state index contributed by atoms with van der Waals surface area (Å²) in [4.78, 5) is 12.1. The molecule has 1 N–H and O–H groups in total. The maximum Gasteiger partial charge on any atom is 0.319 e. The maximum atomic E-state index is 12.1. The van der Waals surface area contributed by atoms with Crippen molar-refractivity contribution in [2.75, 3.05) is 0 Å². The summed E-state index contributed by atoms with van der Waals surface area (Å²) in [6.07, 6.45) is 4.70. The number of hydrogen-bond donors (Lipinski definition) is 1. The lowest BCUT2D eigenvalue weighted by Crippen LogP contribution is -2.38. The van der Waals surface area contributed by atoms with E-state index in [2.05, 4.69) is 24.3 Å². The summed E-state index contributed by atoms with van der Waals surface area (Å²) >= 11 is 1.63. The average Bonchev–Trinajstić information content (AvgIpc) is 2.62. The lowest BCUT2D eigenvalue weighted by Gasteiger charge is -2.36. The van der Waals surface area contributed by atoms with E-state index >= 15 is 0 Å². The van der Waals surface area contributed by atoms with E-state index in [9.17, 15) is 9.90 Å². The normalized spacial score (nSPS) is 17.1. The van der Waals surface area contributed by atoms with E-state index in [4.69, 9.17) is 0 Å². The summed E-state index contributed by atoms with van der Waals surface area (Å²) in [7, 11) is 0. The molecule has 1 fully saturated rings. The van der Waals surface area contributed by atoms with Gasteiger partial charge in [0.15, 0.2) is 0 Å². The molecule has 23 heavy (non-hydrogen) atoms. The minimum absolute atomic E-state index is 0.0617. The van der Waals surface area contributed by atoms with Crippen LogP contribution >= 0.6 is 11.8 Å². The molecule has 0 amide bonds. The van der Waals surface area contributed by atoms with Crippen LogP contribution in [0.1, 0.15) is 48.5 Å². The summed E-state index contributed by atoms with van der Waals surface area (Å²) in [5.74, 6) is -0.654. The summed E-state index contributed by atoms with van der Waals surface area (Å²) in [6.45, 7) is 0. The van der Waals surface area contributed by atoms with Gasteiger partial charge in [-0.2, -0.15) is 0 Å². The van der Waals surface area contributed by atoms with Gasteiger partial charge in [-0.05, 0) is 24.0 Å². The van der Waals surface area contributed by atoms with Crippen LogP contribution in [0.2, 0.25) is 0 Å². The molecule has 1 aliphatic carbocycles. The zero-order valence-electron chi connectivity index (χ0n) is 13.2. The Balaban J connectivity index is 1.97. The predicted molar refractivity (Wildman–Crippen MR) is 95.8 cm³/mol. The van der Waals surface area contributed by atoms with Crippen LogP contribution in [0, 0.1) is 0 Å². The first-order chi connectivity index (χ1) is 11.2. The Morgan fingerprint density at radius 3 is 1.78 bits per heavy atom. The second-order valence-corrected chi connectivity index (χ2v) is 7.67. The first-order valence-corrected chi connectivity index (χ1v) is 9.10. The zero-order valence-corrected chi connectivity index (χ0v) is 14.0. The lowest BCUT2D eigenvalue weighted by molar-refractivity contribution is -0.140. The standard InChI is InChI=1S/C20H22O2S/c21-19(22)20(14-8-3-9-15-20)23-18(16-10-4-1-5-11-16)17-12-6-2-7-13-17/h1-2,4-7,10-13,18H,3,8-9,14-15H2,(H,21,22). The van der Waals surface area contributed by atoms with Gasteiger partial charge in [-0.3, -0.25) is 4.79 Å². The molecule has 0 aromatic heterocycles. The van der Waals surface area contributed by atoms with E-state index in [0.29, 0.717) is 0 Å². The van der Waals surface area contributed by atoms with E-state index in [1.807, 2.05) is 36.4 Å². The second kappa shape index (κ2) is 7.22. The smallest absolute Gasteiger partial charge is 0.319 e. The molecule has 0 spiro atoms. The van der Waals surface area contributed by atoms with Gasteiger partial charge in [0.05, 0.1) is 5.25 Å². The Hall–Kier alpha value is -1.74. The molecule has 0 bridgehead atoms. The number of benzene rings is 2. The molecule has 0 aliphatic heterocycles. The van der Waals surface area contributed by atoms with E-state index in [-0.39, 0.29) is 5.25 Å². The summed E-state index contributed by atoms with van der Waals surface area (Å²) in [5, 5.41) is 9.97. The van der Waals surface area contributed by atoms with Crippen molar-refractivity contribution in [2.24, 2.45) is 0 Å². The Morgan fingerprint density at radius 2 is 1.35 bits per heavy atom. The van der Waals surface area contributed by atoms with E-state index in [1.54, 1.807) is 11.8 Å². The number of rotatable bonds is 5. The first-order valence-electron chi connectivity index (χ1n) is 8.22. The van der Waals surface area contributed by atoms with Crippen molar-refractivity contribution in [1.82, 2.24) is 0 Å². The third-order valence-electron chi connectivity index (χ3n) is 4.60. The number of carbonyl (C=O) groups is 1. The van der Waals surface area contributed by atoms with Gasteiger partial charge >= 0.3 is 5.97 Å². The molecule has 0 saturated heterocycles. The SMILES string of the molecule is O=C(O)C1(SC(c2ccccc2)c2ccccc2)CCCCC1. The number of thioether (sulfide) groups is 1. The molecule has 2 nitrogen and oxygen atoms in total. The zero-order chi connectivity index (χ0) is 16.1. The summed E-state index contributed by atoms with van der Waals surface area (Å²) in [6, 6.07) is 20.5. The van der Waals surface area contributed by atoms with Gasteiger partial charge in [-0.15, -0.1) is 11.8 Å². The lowest BCUT2D eigenvalue weighted by atomic mass is 9.88. The molecular formula is C20H22O2S. The highest BCUT2D eigenvalue weighted by atomic mass is 32.2. The van der Waals surface area contributed by atoms with Crippen molar-refractivity contribution in [2.45, 2.75) is 42.1 Å². The minimum Gasteiger partial charge on any atom is -0.480 e. The molecule has 0 radical (unpaired) electrons. The molecule has 120 valence electrons. The van der Waals surface area contributed by atoms with Crippen molar-refractivity contribution in [3.8, 4) is 0 Å². The van der Waals surface area contributed by atoms with Crippen LogP contribution in [0.3, 0.4) is 0 Å². The second-order valence-electron chi connectivity index (χ2n) is 6.18. The van der Waals surface area contributed by atoms with Gasteiger partial charge in [0.1, 0.15) is 4.75 Å². The predicted octanol–water partition coefficient (Wildman–Crippen LogP) is 5.30. The average molecular weight is 326 g/mol. The molecule has 0 atom stereocenters. The maximum absolute atomic E-state index is 12.1. The van der Waals surface area contributed by atoms with Gasteiger partial charge in [-0.1, -0.05) is 79.9 Å². The van der Waals surface area contributed by atoms with Crippen molar-refractivity contribution < 1.29 is 9.90 Å². The Bertz CT molecular complexity index is 594. The van der Waals surface area contributed by atoms with Crippen molar-refractivity contribution in [3.05, 3.63) is 71.8 Å². The third kappa shape index (κ3) is 3.61. The largest absolute Gasteiger partial charge is 0.480 e.